The van der Waals surface area contributed by atoms with Gasteiger partial charge in [0.15, 0.2) is 0 Å². The second-order valence-electron chi connectivity index (χ2n) is 3.24. The summed E-state index contributed by atoms with van der Waals surface area (Å²) in [5, 5.41) is 17.5. The molecule has 92 valence electrons. The summed E-state index contributed by atoms with van der Waals surface area (Å²) < 4.78 is 13.4. The number of hydrogen-bond acceptors (Lipinski definition) is 3. The van der Waals surface area contributed by atoms with Gasteiger partial charge in [0.25, 0.3) is 0 Å². The number of hydrogen-bond donors (Lipinski definition) is 2. The van der Waals surface area contributed by atoms with E-state index in [9.17, 15) is 14.0 Å². The van der Waals surface area contributed by atoms with Crippen LogP contribution in [0.4, 0.5) is 10.1 Å². The Labute approximate surface area is 101 Å². The monoisotopic (exact) mass is 261 g/mol. The topological polar surface area (TPSA) is 77.8 Å². The van der Waals surface area contributed by atoms with Crippen molar-refractivity contribution in [2.45, 2.75) is 0 Å². The summed E-state index contributed by atoms with van der Waals surface area (Å²) in [7, 11) is 0. The minimum Gasteiger partial charge on any atom is -0.480 e. The highest BCUT2D eigenvalue weighted by atomic mass is 35.5. The first-order chi connectivity index (χ1) is 7.90. The van der Waals surface area contributed by atoms with Crippen LogP contribution in [0.1, 0.15) is 0 Å². The van der Waals surface area contributed by atoms with Crippen molar-refractivity contribution in [1.82, 2.24) is 0 Å². The average Bonchev–Trinajstić information content (AvgIpc) is 2.19. The number of aliphatic carboxylic acids is 2. The second-order valence-corrected chi connectivity index (χ2v) is 3.68. The molecule has 0 aliphatic carbocycles. The van der Waals surface area contributed by atoms with Gasteiger partial charge in [-0.05, 0) is 18.2 Å². The van der Waals surface area contributed by atoms with Crippen molar-refractivity contribution in [1.29, 1.82) is 0 Å². The Morgan fingerprint density at radius 1 is 1.24 bits per heavy atom. The zero-order valence-electron chi connectivity index (χ0n) is 8.56. The fourth-order valence-corrected chi connectivity index (χ4v) is 1.45. The number of nitrogens with zero attached hydrogens (tertiary/aromatic N) is 1. The predicted molar refractivity (Wildman–Crippen MR) is 58.9 cm³/mol. The highest BCUT2D eigenvalue weighted by Crippen LogP contribution is 2.23. The molecule has 0 atom stereocenters. The van der Waals surface area contributed by atoms with Crippen LogP contribution in [0.2, 0.25) is 5.02 Å². The maximum Gasteiger partial charge on any atom is 0.323 e. The number of carbonyl (C=O) groups is 2. The maximum absolute atomic E-state index is 13.4. The minimum absolute atomic E-state index is 0.151. The van der Waals surface area contributed by atoms with E-state index in [1.165, 1.54) is 12.1 Å². The van der Waals surface area contributed by atoms with Crippen molar-refractivity contribution in [2.75, 3.05) is 18.0 Å². The van der Waals surface area contributed by atoms with Crippen LogP contribution in [-0.4, -0.2) is 35.2 Å². The van der Waals surface area contributed by atoms with E-state index in [2.05, 4.69) is 0 Å². The smallest absolute Gasteiger partial charge is 0.323 e. The van der Waals surface area contributed by atoms with E-state index in [0.717, 1.165) is 11.0 Å². The number of carboxylic acid groups (broad SMARTS) is 2. The van der Waals surface area contributed by atoms with Crippen molar-refractivity contribution >= 4 is 29.2 Å². The van der Waals surface area contributed by atoms with E-state index in [1.807, 2.05) is 0 Å². The van der Waals surface area contributed by atoms with Gasteiger partial charge in [-0.3, -0.25) is 9.59 Å². The van der Waals surface area contributed by atoms with Crippen molar-refractivity contribution in [3.8, 4) is 0 Å². The second kappa shape index (κ2) is 5.49. The molecule has 1 rings (SSSR count). The molecule has 0 amide bonds. The fourth-order valence-electron chi connectivity index (χ4n) is 1.28. The van der Waals surface area contributed by atoms with E-state index < -0.39 is 30.8 Å². The first-order valence-electron chi connectivity index (χ1n) is 4.53. The highest BCUT2D eigenvalue weighted by Gasteiger charge is 2.17. The van der Waals surface area contributed by atoms with Gasteiger partial charge in [-0.1, -0.05) is 11.6 Å². The molecule has 0 saturated heterocycles. The molecule has 0 aliphatic rings. The van der Waals surface area contributed by atoms with E-state index in [1.54, 1.807) is 0 Å². The SMILES string of the molecule is O=C(O)CN(CC(=O)O)c1cc(Cl)ccc1F. The molecule has 0 aliphatic heterocycles. The van der Waals surface area contributed by atoms with Crippen molar-refractivity contribution in [3.05, 3.63) is 29.0 Å². The summed E-state index contributed by atoms with van der Waals surface area (Å²) in [6.45, 7) is -1.24. The molecule has 0 fully saturated rings. The van der Waals surface area contributed by atoms with E-state index >= 15 is 0 Å². The lowest BCUT2D eigenvalue weighted by Gasteiger charge is -2.21. The van der Waals surface area contributed by atoms with Crippen LogP contribution in [0, 0.1) is 5.82 Å². The zero-order valence-corrected chi connectivity index (χ0v) is 9.32. The van der Waals surface area contributed by atoms with E-state index in [0.29, 0.717) is 0 Å². The van der Waals surface area contributed by atoms with Crippen LogP contribution in [0.15, 0.2) is 18.2 Å². The molecular formula is C10H9ClFNO4. The Bertz CT molecular complexity index is 436. The van der Waals surface area contributed by atoms with Gasteiger partial charge < -0.3 is 15.1 Å². The standard InChI is InChI=1S/C10H9ClFNO4/c11-6-1-2-7(12)8(3-6)13(4-9(14)15)5-10(16)17/h1-3H,4-5H2,(H,14,15)(H,16,17). The molecule has 0 bridgehead atoms. The van der Waals surface area contributed by atoms with Crippen LogP contribution < -0.4 is 4.90 Å². The Hall–Kier alpha value is -1.82. The van der Waals surface area contributed by atoms with Gasteiger partial charge in [0.2, 0.25) is 0 Å². The van der Waals surface area contributed by atoms with Gasteiger partial charge in [0.1, 0.15) is 18.9 Å². The first-order valence-corrected chi connectivity index (χ1v) is 4.91. The van der Waals surface area contributed by atoms with Crippen LogP contribution in [0.25, 0.3) is 0 Å². The number of halogens is 2. The van der Waals surface area contributed by atoms with E-state index in [-0.39, 0.29) is 10.7 Å². The van der Waals surface area contributed by atoms with Crippen molar-refractivity contribution in [3.63, 3.8) is 0 Å². The Morgan fingerprint density at radius 3 is 2.24 bits per heavy atom. The first kappa shape index (κ1) is 13.2. The molecule has 1 aromatic rings. The molecule has 0 saturated carbocycles. The van der Waals surface area contributed by atoms with Crippen LogP contribution in [0.3, 0.4) is 0 Å². The summed E-state index contributed by atoms with van der Waals surface area (Å²) in [6.07, 6.45) is 0. The highest BCUT2D eigenvalue weighted by molar-refractivity contribution is 6.30. The summed E-state index contributed by atoms with van der Waals surface area (Å²) in [5.41, 5.74) is -0.151. The fraction of sp³-hybridized carbons (Fsp3) is 0.200. The van der Waals surface area contributed by atoms with Gasteiger partial charge in [0, 0.05) is 5.02 Å². The zero-order chi connectivity index (χ0) is 13.0. The molecule has 0 unspecified atom stereocenters. The number of carboxylic acids is 2. The predicted octanol–water partition coefficient (Wildman–Crippen LogP) is 1.45. The van der Waals surface area contributed by atoms with Crippen LogP contribution in [0.5, 0.6) is 0 Å². The number of benzene rings is 1. The minimum atomic E-state index is -1.26. The van der Waals surface area contributed by atoms with Gasteiger partial charge in [0.05, 0.1) is 5.69 Å². The summed E-state index contributed by atoms with van der Waals surface area (Å²) in [4.78, 5) is 22.0. The molecule has 0 spiro atoms. The molecule has 0 heterocycles. The normalized spacial score (nSPS) is 10.0. The molecule has 17 heavy (non-hydrogen) atoms. The summed E-state index contributed by atoms with van der Waals surface area (Å²) in [5.74, 6) is -3.24. The third-order valence-electron chi connectivity index (χ3n) is 1.90. The van der Waals surface area contributed by atoms with Gasteiger partial charge >= 0.3 is 11.9 Å². The van der Waals surface area contributed by atoms with Crippen molar-refractivity contribution < 1.29 is 24.2 Å². The van der Waals surface area contributed by atoms with Gasteiger partial charge in [-0.25, -0.2) is 4.39 Å². The Morgan fingerprint density at radius 2 is 1.76 bits per heavy atom. The molecule has 5 nitrogen and oxygen atoms in total. The molecule has 0 radical (unpaired) electrons. The van der Waals surface area contributed by atoms with Crippen LogP contribution >= 0.6 is 11.6 Å². The lowest BCUT2D eigenvalue weighted by molar-refractivity contribution is -0.136. The largest absolute Gasteiger partial charge is 0.480 e. The number of rotatable bonds is 5. The third-order valence-corrected chi connectivity index (χ3v) is 2.14. The molecule has 0 aromatic heterocycles. The molecule has 2 N–H and O–H groups in total. The van der Waals surface area contributed by atoms with E-state index in [4.69, 9.17) is 21.8 Å². The Balaban J connectivity index is 3.06. The van der Waals surface area contributed by atoms with Gasteiger partial charge in [-0.2, -0.15) is 0 Å². The average molecular weight is 262 g/mol. The molecular weight excluding hydrogens is 253 g/mol. The maximum atomic E-state index is 13.4. The molecule has 7 heteroatoms. The molecule has 1 aromatic carbocycles. The summed E-state index contributed by atoms with van der Waals surface area (Å²) in [6, 6.07) is 3.53. The van der Waals surface area contributed by atoms with Crippen LogP contribution in [-0.2, 0) is 9.59 Å². The van der Waals surface area contributed by atoms with Crippen molar-refractivity contribution in [2.24, 2.45) is 0 Å². The van der Waals surface area contributed by atoms with Gasteiger partial charge in [-0.15, -0.1) is 0 Å². The quantitative estimate of drug-likeness (QED) is 0.839. The number of anilines is 1. The summed E-state index contributed by atoms with van der Waals surface area (Å²) >= 11 is 5.65. The lowest BCUT2D eigenvalue weighted by atomic mass is 10.2. The third kappa shape index (κ3) is 3.92. The lowest BCUT2D eigenvalue weighted by Crippen LogP contribution is -2.35. The Kier molecular flexibility index (Phi) is 4.28.